The summed E-state index contributed by atoms with van der Waals surface area (Å²) in [7, 11) is 0. The summed E-state index contributed by atoms with van der Waals surface area (Å²) in [5, 5.41) is 0. The molecular weight excluding hydrogens is 274 g/mol. The predicted octanol–water partition coefficient (Wildman–Crippen LogP) is 1.98. The summed E-state index contributed by atoms with van der Waals surface area (Å²) in [6.45, 7) is 3.89. The Morgan fingerprint density at radius 2 is 2.38 bits per heavy atom. The van der Waals surface area contributed by atoms with Gasteiger partial charge in [-0.05, 0) is 29.8 Å². The molecule has 2 heterocycles. The number of rotatable bonds is 2. The Balaban J connectivity index is 2.62. The number of imidazole rings is 1. The molecule has 0 unspecified atom stereocenters. The Kier molecular flexibility index (Phi) is 2.91. The van der Waals surface area contributed by atoms with Crippen molar-refractivity contribution in [1.82, 2.24) is 14.4 Å². The molecule has 5 nitrogen and oxygen atoms in total. The highest BCUT2D eigenvalue weighted by Gasteiger charge is 2.17. The zero-order chi connectivity index (χ0) is 11.7. The summed E-state index contributed by atoms with van der Waals surface area (Å²) in [5.74, 6) is -0.370. The number of esters is 1. The second kappa shape index (κ2) is 4.21. The van der Waals surface area contributed by atoms with Gasteiger partial charge in [-0.15, -0.1) is 0 Å². The van der Waals surface area contributed by atoms with Crippen LogP contribution in [0.3, 0.4) is 0 Å². The molecule has 0 bridgehead atoms. The van der Waals surface area contributed by atoms with Crippen LogP contribution < -0.4 is 0 Å². The van der Waals surface area contributed by atoms with E-state index >= 15 is 0 Å². The highest BCUT2D eigenvalue weighted by atomic mass is 79.9. The molecule has 0 fully saturated rings. The number of hydrogen-bond acceptors (Lipinski definition) is 4. The van der Waals surface area contributed by atoms with Gasteiger partial charge in [0.2, 0.25) is 0 Å². The zero-order valence-corrected chi connectivity index (χ0v) is 10.5. The average molecular weight is 284 g/mol. The highest BCUT2D eigenvalue weighted by molar-refractivity contribution is 9.10. The maximum absolute atomic E-state index is 11.7. The minimum atomic E-state index is -0.370. The van der Waals surface area contributed by atoms with E-state index in [1.165, 1.54) is 0 Å². The summed E-state index contributed by atoms with van der Waals surface area (Å²) in [5.41, 5.74) is 1.71. The fourth-order valence-corrected chi connectivity index (χ4v) is 1.80. The molecule has 2 aromatic rings. The van der Waals surface area contributed by atoms with Gasteiger partial charge < -0.3 is 4.74 Å². The minimum absolute atomic E-state index is 0.345. The van der Waals surface area contributed by atoms with Crippen molar-refractivity contribution in [2.75, 3.05) is 6.61 Å². The van der Waals surface area contributed by atoms with Crippen LogP contribution in [0.15, 0.2) is 17.0 Å². The topological polar surface area (TPSA) is 56.5 Å². The van der Waals surface area contributed by atoms with Crippen LogP contribution >= 0.6 is 15.9 Å². The van der Waals surface area contributed by atoms with Crippen molar-refractivity contribution >= 4 is 27.5 Å². The molecule has 2 aromatic heterocycles. The number of hydrogen-bond donors (Lipinski definition) is 0. The molecule has 0 atom stereocenters. The number of fused-ring (bicyclic) bond motifs is 1. The summed E-state index contributed by atoms with van der Waals surface area (Å²) < 4.78 is 7.29. The van der Waals surface area contributed by atoms with Crippen LogP contribution in [0.2, 0.25) is 0 Å². The fraction of sp³-hybridized carbons (Fsp3) is 0.300. The van der Waals surface area contributed by atoms with Crippen LogP contribution in [0.25, 0.3) is 5.65 Å². The van der Waals surface area contributed by atoms with Crippen molar-refractivity contribution in [2.45, 2.75) is 13.8 Å². The number of aryl methyl sites for hydroxylation is 1. The first-order valence-corrected chi connectivity index (χ1v) is 5.60. The summed E-state index contributed by atoms with van der Waals surface area (Å²) in [6.07, 6.45) is 3.29. The Hall–Kier alpha value is -1.43. The van der Waals surface area contributed by atoms with Gasteiger partial charge in [0.25, 0.3) is 0 Å². The Morgan fingerprint density at radius 3 is 3.06 bits per heavy atom. The fourth-order valence-electron chi connectivity index (χ4n) is 1.49. The molecule has 0 aliphatic heterocycles. The molecule has 0 N–H and O–H groups in total. The third-order valence-corrected chi connectivity index (χ3v) is 2.53. The van der Waals surface area contributed by atoms with Crippen LogP contribution in [-0.2, 0) is 4.74 Å². The van der Waals surface area contributed by atoms with E-state index in [0.717, 1.165) is 0 Å². The maximum atomic E-state index is 11.7. The molecule has 6 heteroatoms. The van der Waals surface area contributed by atoms with Gasteiger partial charge in [-0.2, -0.15) is 0 Å². The van der Waals surface area contributed by atoms with Gasteiger partial charge in [-0.25, -0.2) is 14.8 Å². The smallest absolute Gasteiger partial charge is 0.357 e. The molecule has 0 saturated carbocycles. The number of carbonyl (C=O) groups excluding carboxylic acids is 1. The van der Waals surface area contributed by atoms with E-state index < -0.39 is 0 Å². The molecule has 0 radical (unpaired) electrons. The lowest BCUT2D eigenvalue weighted by atomic mass is 10.3. The van der Waals surface area contributed by atoms with Crippen molar-refractivity contribution in [2.24, 2.45) is 0 Å². The normalized spacial score (nSPS) is 10.7. The molecule has 2 rings (SSSR count). The predicted molar refractivity (Wildman–Crippen MR) is 61.4 cm³/mol. The van der Waals surface area contributed by atoms with Crippen LogP contribution in [0, 0.1) is 6.92 Å². The molecule has 0 amide bonds. The lowest BCUT2D eigenvalue weighted by Gasteiger charge is -2.02. The van der Waals surface area contributed by atoms with Crippen molar-refractivity contribution in [3.05, 3.63) is 28.4 Å². The molecule has 0 saturated heterocycles. The second-order valence-electron chi connectivity index (χ2n) is 3.20. The van der Waals surface area contributed by atoms with E-state index in [1.54, 1.807) is 30.6 Å². The SMILES string of the molecule is CCOC(=O)c1c(C)nc2cnc(Br)cn12. The van der Waals surface area contributed by atoms with E-state index in [0.29, 0.717) is 28.2 Å². The summed E-state index contributed by atoms with van der Waals surface area (Å²) in [6, 6.07) is 0. The molecule has 16 heavy (non-hydrogen) atoms. The van der Waals surface area contributed by atoms with Crippen LogP contribution in [-0.4, -0.2) is 26.9 Å². The first-order valence-electron chi connectivity index (χ1n) is 4.80. The Bertz CT molecular complexity index is 550. The van der Waals surface area contributed by atoms with Gasteiger partial charge in [-0.3, -0.25) is 4.40 Å². The summed E-state index contributed by atoms with van der Waals surface area (Å²) in [4.78, 5) is 20.0. The van der Waals surface area contributed by atoms with E-state index in [9.17, 15) is 4.79 Å². The van der Waals surface area contributed by atoms with Gasteiger partial charge in [0.15, 0.2) is 11.3 Å². The van der Waals surface area contributed by atoms with E-state index in [1.807, 2.05) is 0 Å². The second-order valence-corrected chi connectivity index (χ2v) is 4.02. The summed E-state index contributed by atoms with van der Waals surface area (Å²) >= 11 is 3.25. The van der Waals surface area contributed by atoms with E-state index in [-0.39, 0.29) is 5.97 Å². The quantitative estimate of drug-likeness (QED) is 0.791. The standard InChI is InChI=1S/C10H10BrN3O2/c1-3-16-10(15)9-6(2)13-8-4-12-7(11)5-14(8)9/h4-5H,3H2,1-2H3. The number of halogens is 1. The van der Waals surface area contributed by atoms with E-state index in [4.69, 9.17) is 4.74 Å². The molecule has 0 aliphatic carbocycles. The monoisotopic (exact) mass is 283 g/mol. The van der Waals surface area contributed by atoms with E-state index in [2.05, 4.69) is 25.9 Å². The number of ether oxygens (including phenoxy) is 1. The van der Waals surface area contributed by atoms with Crippen LogP contribution in [0.1, 0.15) is 23.1 Å². The van der Waals surface area contributed by atoms with Crippen molar-refractivity contribution < 1.29 is 9.53 Å². The lowest BCUT2D eigenvalue weighted by molar-refractivity contribution is 0.0517. The van der Waals surface area contributed by atoms with Crippen LogP contribution in [0.5, 0.6) is 0 Å². The number of carbonyl (C=O) groups is 1. The molecule has 0 aromatic carbocycles. The number of nitrogens with zero attached hydrogens (tertiary/aromatic N) is 3. The van der Waals surface area contributed by atoms with Crippen molar-refractivity contribution in [3.63, 3.8) is 0 Å². The van der Waals surface area contributed by atoms with Crippen molar-refractivity contribution in [3.8, 4) is 0 Å². The molecule has 0 spiro atoms. The van der Waals surface area contributed by atoms with Gasteiger partial charge >= 0.3 is 5.97 Å². The molecular formula is C10H10BrN3O2. The lowest BCUT2D eigenvalue weighted by Crippen LogP contribution is -2.09. The zero-order valence-electron chi connectivity index (χ0n) is 8.90. The molecule has 84 valence electrons. The largest absolute Gasteiger partial charge is 0.461 e. The van der Waals surface area contributed by atoms with Crippen LogP contribution in [0.4, 0.5) is 0 Å². The average Bonchev–Trinajstić information content (AvgIpc) is 2.53. The van der Waals surface area contributed by atoms with Gasteiger partial charge in [0.05, 0.1) is 18.5 Å². The third-order valence-electron chi connectivity index (χ3n) is 2.12. The Morgan fingerprint density at radius 1 is 1.62 bits per heavy atom. The number of aromatic nitrogens is 3. The first kappa shape index (κ1) is 11.1. The minimum Gasteiger partial charge on any atom is -0.461 e. The van der Waals surface area contributed by atoms with Gasteiger partial charge in [0.1, 0.15) is 4.60 Å². The maximum Gasteiger partial charge on any atom is 0.357 e. The Labute approximate surface area is 101 Å². The van der Waals surface area contributed by atoms with Gasteiger partial charge in [-0.1, -0.05) is 0 Å². The highest BCUT2D eigenvalue weighted by Crippen LogP contribution is 2.15. The third kappa shape index (κ3) is 1.80. The molecule has 0 aliphatic rings. The first-order chi connectivity index (χ1) is 7.63. The van der Waals surface area contributed by atoms with Crippen molar-refractivity contribution in [1.29, 1.82) is 0 Å². The van der Waals surface area contributed by atoms with Gasteiger partial charge in [0, 0.05) is 6.20 Å².